The Balaban J connectivity index is 1.58. The number of rotatable bonds is 2. The molecule has 1 aliphatic rings. The monoisotopic (exact) mass is 368 g/mol. The van der Waals surface area contributed by atoms with Crippen LogP contribution in [0.4, 0.5) is 5.69 Å². The fraction of sp³-hybridized carbons (Fsp3) is 0.0417. The lowest BCUT2D eigenvalue weighted by Gasteiger charge is -2.22. The third kappa shape index (κ3) is 2.88. The molecule has 5 rings (SSSR count). The summed E-state index contributed by atoms with van der Waals surface area (Å²) in [6.45, 7) is 0. The quantitative estimate of drug-likeness (QED) is 0.326. The van der Waals surface area contributed by atoms with Crippen molar-refractivity contribution in [3.05, 3.63) is 102 Å². The van der Waals surface area contributed by atoms with Crippen molar-refractivity contribution in [1.29, 1.82) is 0 Å². The Morgan fingerprint density at radius 1 is 0.667 bits per heavy atom. The molecule has 2 nitrogen and oxygen atoms in total. The normalized spacial score (nSPS) is 15.7. The van der Waals surface area contributed by atoms with Crippen LogP contribution in [0.2, 0.25) is 0 Å². The highest BCUT2D eigenvalue weighted by atomic mass is 35.5. The van der Waals surface area contributed by atoms with Gasteiger partial charge in [-0.1, -0.05) is 96.5 Å². The van der Waals surface area contributed by atoms with Gasteiger partial charge in [0.05, 0.1) is 5.71 Å². The fourth-order valence-electron chi connectivity index (χ4n) is 3.67. The van der Waals surface area contributed by atoms with E-state index in [1.54, 1.807) is 0 Å². The smallest absolute Gasteiger partial charge is 0.196 e. The van der Waals surface area contributed by atoms with Crippen LogP contribution < -0.4 is 5.32 Å². The Morgan fingerprint density at radius 3 is 2.22 bits per heavy atom. The zero-order valence-electron chi connectivity index (χ0n) is 14.6. The van der Waals surface area contributed by atoms with Crippen LogP contribution in [0.3, 0.4) is 0 Å². The van der Waals surface area contributed by atoms with Crippen LogP contribution in [0.25, 0.3) is 21.9 Å². The molecular formula is C24H17ClN2. The molecule has 0 bridgehead atoms. The molecular weight excluding hydrogens is 352 g/mol. The van der Waals surface area contributed by atoms with E-state index in [-0.39, 0.29) is 0 Å². The van der Waals surface area contributed by atoms with Crippen molar-refractivity contribution in [3.8, 4) is 11.1 Å². The molecule has 130 valence electrons. The lowest BCUT2D eigenvalue weighted by Crippen LogP contribution is -2.21. The second kappa shape index (κ2) is 6.57. The van der Waals surface area contributed by atoms with Crippen molar-refractivity contribution in [3.63, 3.8) is 0 Å². The summed E-state index contributed by atoms with van der Waals surface area (Å²) in [5.41, 5.74) is 6.07. The molecule has 1 unspecified atom stereocenters. The minimum absolute atomic E-state index is 0.451. The number of nitrogens with one attached hydrogen (secondary N) is 1. The predicted octanol–water partition coefficient (Wildman–Crippen LogP) is 6.29. The molecule has 0 saturated carbocycles. The van der Waals surface area contributed by atoms with Gasteiger partial charge >= 0.3 is 0 Å². The highest BCUT2D eigenvalue weighted by Crippen LogP contribution is 2.31. The minimum Gasteiger partial charge on any atom is -0.351 e. The first-order valence-electron chi connectivity index (χ1n) is 8.96. The Hall–Kier alpha value is -3.10. The number of aliphatic imine (C=N–C) groups is 1. The standard InChI is InChI=1S/C24H17ClN2/c25-24-26-22-11-4-3-9-21(22)23(27-24)18-14-12-17(13-15-18)20-10-5-7-16-6-1-2-8-19(16)20/h1-15,24,26H. The van der Waals surface area contributed by atoms with Crippen molar-refractivity contribution in [1.82, 2.24) is 0 Å². The summed E-state index contributed by atoms with van der Waals surface area (Å²) in [5.74, 6) is 0. The fourth-order valence-corrected chi connectivity index (χ4v) is 3.89. The predicted molar refractivity (Wildman–Crippen MR) is 115 cm³/mol. The van der Waals surface area contributed by atoms with Crippen LogP contribution in [0.1, 0.15) is 11.1 Å². The highest BCUT2D eigenvalue weighted by Gasteiger charge is 2.19. The van der Waals surface area contributed by atoms with E-state index in [4.69, 9.17) is 11.6 Å². The molecule has 1 heterocycles. The molecule has 4 aromatic rings. The van der Waals surface area contributed by atoms with Gasteiger partial charge in [0, 0.05) is 16.8 Å². The molecule has 4 aromatic carbocycles. The number of anilines is 1. The first kappa shape index (κ1) is 16.1. The van der Waals surface area contributed by atoms with Gasteiger partial charge < -0.3 is 5.32 Å². The summed E-state index contributed by atoms with van der Waals surface area (Å²) in [4.78, 5) is 4.62. The molecule has 0 aromatic heterocycles. The second-order valence-electron chi connectivity index (χ2n) is 6.61. The van der Waals surface area contributed by atoms with E-state index in [1.807, 2.05) is 18.2 Å². The van der Waals surface area contributed by atoms with Gasteiger partial charge in [0.15, 0.2) is 5.62 Å². The Morgan fingerprint density at radius 2 is 1.33 bits per heavy atom. The minimum atomic E-state index is -0.451. The van der Waals surface area contributed by atoms with E-state index in [2.05, 4.69) is 83.1 Å². The number of para-hydroxylation sites is 1. The number of hydrogen-bond acceptors (Lipinski definition) is 2. The lowest BCUT2D eigenvalue weighted by molar-refractivity contribution is 1.02. The highest BCUT2D eigenvalue weighted by molar-refractivity contribution is 6.26. The van der Waals surface area contributed by atoms with E-state index in [1.165, 1.54) is 21.9 Å². The SMILES string of the molecule is ClC1N=C(c2ccc(-c3cccc4ccccc34)cc2)c2ccccc2N1. The van der Waals surface area contributed by atoms with Crippen LogP contribution in [0, 0.1) is 0 Å². The van der Waals surface area contributed by atoms with Crippen molar-refractivity contribution in [2.45, 2.75) is 5.62 Å². The molecule has 0 amide bonds. The first-order valence-corrected chi connectivity index (χ1v) is 9.40. The molecule has 1 aliphatic heterocycles. The zero-order valence-corrected chi connectivity index (χ0v) is 15.3. The van der Waals surface area contributed by atoms with Crippen LogP contribution in [0.15, 0.2) is 96.0 Å². The van der Waals surface area contributed by atoms with Crippen LogP contribution in [-0.4, -0.2) is 11.3 Å². The van der Waals surface area contributed by atoms with E-state index in [0.29, 0.717) is 0 Å². The van der Waals surface area contributed by atoms with Gasteiger partial charge in [0.1, 0.15) is 0 Å². The van der Waals surface area contributed by atoms with E-state index < -0.39 is 5.62 Å². The molecule has 0 aliphatic carbocycles. The molecule has 1 N–H and O–H groups in total. The summed E-state index contributed by atoms with van der Waals surface area (Å²) >= 11 is 6.28. The third-order valence-corrected chi connectivity index (χ3v) is 5.16. The molecule has 0 fully saturated rings. The molecule has 0 radical (unpaired) electrons. The maximum atomic E-state index is 6.28. The van der Waals surface area contributed by atoms with Crippen LogP contribution in [-0.2, 0) is 0 Å². The average molecular weight is 369 g/mol. The number of hydrogen-bond donors (Lipinski definition) is 1. The van der Waals surface area contributed by atoms with Gasteiger partial charge in [-0.05, 0) is 28.0 Å². The van der Waals surface area contributed by atoms with Crippen molar-refractivity contribution < 1.29 is 0 Å². The van der Waals surface area contributed by atoms with Crippen LogP contribution in [0.5, 0.6) is 0 Å². The second-order valence-corrected chi connectivity index (χ2v) is 7.02. The summed E-state index contributed by atoms with van der Waals surface area (Å²) < 4.78 is 0. The molecule has 27 heavy (non-hydrogen) atoms. The van der Waals surface area contributed by atoms with Gasteiger partial charge in [-0.15, -0.1) is 0 Å². The largest absolute Gasteiger partial charge is 0.351 e. The van der Waals surface area contributed by atoms with Crippen LogP contribution >= 0.6 is 11.6 Å². The summed E-state index contributed by atoms with van der Waals surface area (Å²) in [7, 11) is 0. The molecule has 0 spiro atoms. The summed E-state index contributed by atoms with van der Waals surface area (Å²) in [6.07, 6.45) is 0. The van der Waals surface area contributed by atoms with E-state index >= 15 is 0 Å². The topological polar surface area (TPSA) is 24.4 Å². The number of benzene rings is 4. The van der Waals surface area contributed by atoms with Gasteiger partial charge in [-0.2, -0.15) is 0 Å². The Labute approximate surface area is 163 Å². The number of alkyl halides is 1. The van der Waals surface area contributed by atoms with Crippen molar-refractivity contribution in [2.75, 3.05) is 5.32 Å². The molecule has 1 atom stereocenters. The zero-order chi connectivity index (χ0) is 18.2. The van der Waals surface area contributed by atoms with Gasteiger partial charge in [0.2, 0.25) is 0 Å². The van der Waals surface area contributed by atoms with Crippen molar-refractivity contribution >= 4 is 33.8 Å². The molecule has 0 saturated heterocycles. The van der Waals surface area contributed by atoms with E-state index in [9.17, 15) is 0 Å². The van der Waals surface area contributed by atoms with Crippen molar-refractivity contribution in [2.24, 2.45) is 4.99 Å². The maximum absolute atomic E-state index is 6.28. The van der Waals surface area contributed by atoms with Gasteiger partial charge in [-0.3, -0.25) is 0 Å². The number of halogens is 1. The number of nitrogens with zero attached hydrogens (tertiary/aromatic N) is 1. The average Bonchev–Trinajstić information content (AvgIpc) is 2.73. The number of fused-ring (bicyclic) bond motifs is 2. The van der Waals surface area contributed by atoms with Gasteiger partial charge in [-0.25, -0.2) is 4.99 Å². The Kier molecular flexibility index (Phi) is 3.92. The van der Waals surface area contributed by atoms with E-state index in [0.717, 1.165) is 22.5 Å². The Bertz CT molecular complexity index is 1160. The molecule has 3 heteroatoms. The summed E-state index contributed by atoms with van der Waals surface area (Å²) in [5, 5.41) is 5.71. The summed E-state index contributed by atoms with van der Waals surface area (Å²) in [6, 6.07) is 31.6. The first-order chi connectivity index (χ1) is 13.3. The third-order valence-electron chi connectivity index (χ3n) is 4.96. The van der Waals surface area contributed by atoms with Gasteiger partial charge in [0.25, 0.3) is 0 Å². The maximum Gasteiger partial charge on any atom is 0.196 e. The lowest BCUT2D eigenvalue weighted by atomic mass is 9.95.